The van der Waals surface area contributed by atoms with E-state index in [4.69, 9.17) is 14.2 Å². The van der Waals surface area contributed by atoms with Crippen LogP contribution in [0.25, 0.3) is 0 Å². The summed E-state index contributed by atoms with van der Waals surface area (Å²) in [5, 5.41) is 10.1. The Bertz CT molecular complexity index is 703. The Morgan fingerprint density at radius 3 is 2.38 bits per heavy atom. The minimum atomic E-state index is -0.782. The quantitative estimate of drug-likeness (QED) is 0.379. The number of aromatic amines is 1. The van der Waals surface area contributed by atoms with Crippen LogP contribution >= 0.6 is 0 Å². The zero-order chi connectivity index (χ0) is 19.1. The van der Waals surface area contributed by atoms with E-state index in [2.05, 4.69) is 18.8 Å². The third-order valence-corrected chi connectivity index (χ3v) is 5.01. The molecule has 1 fully saturated rings. The molecule has 0 saturated carbocycles. The third-order valence-electron chi connectivity index (χ3n) is 4.20. The number of hydrogen-bond acceptors (Lipinski definition) is 6. The van der Waals surface area contributed by atoms with E-state index in [1.807, 2.05) is 0 Å². The summed E-state index contributed by atoms with van der Waals surface area (Å²) < 4.78 is 19.4. The van der Waals surface area contributed by atoms with Crippen LogP contribution in [0.4, 0.5) is 0 Å². The topological polar surface area (TPSA) is 103 Å². The average Bonchev–Trinajstić information content (AvgIpc) is 2.94. The van der Waals surface area contributed by atoms with E-state index < -0.39 is 35.8 Å². The molecule has 4 atom stereocenters. The Morgan fingerprint density at radius 2 is 1.85 bits per heavy atom. The number of H-pyrrole nitrogens is 1. The SMILES string of the molecule is CCCCO[C@@H]1[C@H](OCCCC)[C@@H]([C](O)=[Sn])O[C@H]1n1ccc(=O)[nH]c1=O. The van der Waals surface area contributed by atoms with Gasteiger partial charge in [0.15, 0.2) is 0 Å². The molecule has 2 heterocycles. The molecule has 1 saturated heterocycles. The van der Waals surface area contributed by atoms with Crippen molar-refractivity contribution in [3.63, 3.8) is 0 Å². The Labute approximate surface area is 165 Å². The normalized spacial score (nSPS) is 25.5. The van der Waals surface area contributed by atoms with Crippen LogP contribution in [0.3, 0.4) is 0 Å². The number of hydrogen-bond donors (Lipinski definition) is 2. The summed E-state index contributed by atoms with van der Waals surface area (Å²) >= 11 is 0.817. The average molecular weight is 473 g/mol. The van der Waals surface area contributed by atoms with Gasteiger partial charge in [-0.2, -0.15) is 0 Å². The number of nitrogens with one attached hydrogen (secondary N) is 1. The summed E-state index contributed by atoms with van der Waals surface area (Å²) in [6, 6.07) is 1.26. The standard InChI is InChI=1S/C17H26N2O6.Sn/c1-3-5-9-23-14-12(11-20)25-16(15(14)24-10-6-4-2)19-8-7-13(21)18-17(19)22;/h7-8,12,14-16,20H,3-6,9-10H2,1-2H3,(H,18,21,22);/t12-,14-,15-,16-;/m1./s1. The van der Waals surface area contributed by atoms with Crippen molar-refractivity contribution in [1.29, 1.82) is 0 Å². The zero-order valence-electron chi connectivity index (χ0n) is 15.1. The Kier molecular flexibility index (Phi) is 8.52. The van der Waals surface area contributed by atoms with E-state index in [1.54, 1.807) is 0 Å². The first-order valence-corrected chi connectivity index (χ1v) is 10.4. The van der Waals surface area contributed by atoms with Crippen molar-refractivity contribution in [3.8, 4) is 0 Å². The Balaban J connectivity index is 2.32. The summed E-state index contributed by atoms with van der Waals surface area (Å²) in [4.78, 5) is 25.8. The molecule has 0 aliphatic carbocycles. The molecule has 144 valence electrons. The molecule has 26 heavy (non-hydrogen) atoms. The molecule has 0 spiro atoms. The predicted molar refractivity (Wildman–Crippen MR) is 97.2 cm³/mol. The van der Waals surface area contributed by atoms with Crippen molar-refractivity contribution in [3.05, 3.63) is 33.1 Å². The summed E-state index contributed by atoms with van der Waals surface area (Å²) in [6.45, 7) is 5.15. The summed E-state index contributed by atoms with van der Waals surface area (Å²) in [7, 11) is 0. The number of aliphatic hydroxyl groups excluding tert-OH is 1. The van der Waals surface area contributed by atoms with Crippen LogP contribution < -0.4 is 11.2 Å². The molecule has 9 heteroatoms. The maximum atomic E-state index is 12.2. The van der Waals surface area contributed by atoms with Gasteiger partial charge in [-0.15, -0.1) is 0 Å². The molecule has 8 nitrogen and oxygen atoms in total. The van der Waals surface area contributed by atoms with Crippen LogP contribution in [0.15, 0.2) is 21.9 Å². The van der Waals surface area contributed by atoms with Crippen molar-refractivity contribution in [2.45, 2.75) is 64.1 Å². The van der Waals surface area contributed by atoms with Crippen LogP contribution in [-0.4, -0.2) is 71.9 Å². The van der Waals surface area contributed by atoms with Gasteiger partial charge in [-0.25, -0.2) is 0 Å². The van der Waals surface area contributed by atoms with Crippen LogP contribution in [0.2, 0.25) is 0 Å². The predicted octanol–water partition coefficient (Wildman–Crippen LogP) is 0.476. The first-order valence-electron chi connectivity index (χ1n) is 8.97. The van der Waals surface area contributed by atoms with E-state index in [0.29, 0.717) is 13.2 Å². The second kappa shape index (κ2) is 10.4. The van der Waals surface area contributed by atoms with E-state index in [0.717, 1.165) is 47.7 Å². The number of aromatic nitrogens is 2. The van der Waals surface area contributed by atoms with Crippen molar-refractivity contribution in [2.75, 3.05) is 13.2 Å². The second-order valence-corrected chi connectivity index (χ2v) is 7.69. The van der Waals surface area contributed by atoms with Gasteiger partial charge in [0.25, 0.3) is 0 Å². The van der Waals surface area contributed by atoms with Crippen LogP contribution in [-0.2, 0) is 14.2 Å². The Hall–Kier alpha value is -0.971. The van der Waals surface area contributed by atoms with Gasteiger partial charge in [0.05, 0.1) is 0 Å². The van der Waals surface area contributed by atoms with Gasteiger partial charge in [-0.05, 0) is 0 Å². The molecule has 0 unspecified atom stereocenters. The maximum absolute atomic E-state index is 12.2. The van der Waals surface area contributed by atoms with E-state index in [9.17, 15) is 14.7 Å². The monoisotopic (exact) mass is 474 g/mol. The molecule has 0 amide bonds. The van der Waals surface area contributed by atoms with Crippen LogP contribution in [0.5, 0.6) is 0 Å². The van der Waals surface area contributed by atoms with Gasteiger partial charge in [0, 0.05) is 0 Å². The van der Waals surface area contributed by atoms with Gasteiger partial charge in [-0.3, -0.25) is 0 Å². The molecule has 1 aliphatic rings. The minimum absolute atomic E-state index is 0.155. The summed E-state index contributed by atoms with van der Waals surface area (Å²) in [6.07, 6.45) is 2.56. The van der Waals surface area contributed by atoms with Gasteiger partial charge in [-0.1, -0.05) is 0 Å². The van der Waals surface area contributed by atoms with Crippen molar-refractivity contribution < 1.29 is 19.3 Å². The van der Waals surface area contributed by atoms with Crippen molar-refractivity contribution >= 4 is 25.8 Å². The molecule has 0 bridgehead atoms. The van der Waals surface area contributed by atoms with Crippen molar-refractivity contribution in [1.82, 2.24) is 9.55 Å². The fourth-order valence-electron chi connectivity index (χ4n) is 2.80. The molecule has 2 rings (SSSR count). The zero-order valence-corrected chi connectivity index (χ0v) is 18.0. The molecular weight excluding hydrogens is 447 g/mol. The van der Waals surface area contributed by atoms with Crippen molar-refractivity contribution in [2.24, 2.45) is 0 Å². The second-order valence-electron chi connectivity index (χ2n) is 6.23. The molecule has 1 aliphatic heterocycles. The number of unbranched alkanes of at least 4 members (excludes halogenated alkanes) is 2. The third kappa shape index (κ3) is 5.27. The molecule has 2 N–H and O–H groups in total. The van der Waals surface area contributed by atoms with Crippen LogP contribution in [0, 0.1) is 0 Å². The van der Waals surface area contributed by atoms with Gasteiger partial charge >= 0.3 is 165 Å². The fourth-order valence-corrected chi connectivity index (χ4v) is 3.46. The number of nitrogens with zero attached hydrogens (tertiary/aromatic N) is 1. The summed E-state index contributed by atoms with van der Waals surface area (Å²) in [5.74, 6) is 0. The first-order chi connectivity index (χ1) is 12.5. The number of aliphatic hydroxyl groups is 1. The molecule has 1 aromatic heterocycles. The molecule has 1 aromatic rings. The van der Waals surface area contributed by atoms with Gasteiger partial charge < -0.3 is 0 Å². The van der Waals surface area contributed by atoms with E-state index >= 15 is 0 Å². The van der Waals surface area contributed by atoms with E-state index in [-0.39, 0.29) is 3.70 Å². The molecule has 0 aromatic carbocycles. The molecule has 2 radical (unpaired) electrons. The van der Waals surface area contributed by atoms with E-state index in [1.165, 1.54) is 16.8 Å². The van der Waals surface area contributed by atoms with Gasteiger partial charge in [0.1, 0.15) is 0 Å². The Morgan fingerprint density at radius 1 is 1.23 bits per heavy atom. The van der Waals surface area contributed by atoms with Gasteiger partial charge in [0.2, 0.25) is 0 Å². The van der Waals surface area contributed by atoms with Crippen LogP contribution in [0.1, 0.15) is 45.8 Å². The molecular formula is C17H26N2O6Sn. The number of rotatable bonds is 10. The fraction of sp³-hybridized carbons (Fsp3) is 0.706. The first kappa shape index (κ1) is 21.3. The number of ether oxygens (including phenoxy) is 3. The summed E-state index contributed by atoms with van der Waals surface area (Å²) in [5.41, 5.74) is -1.06.